The van der Waals surface area contributed by atoms with Gasteiger partial charge in [0.1, 0.15) is 0 Å². The molecule has 1 heterocycles. The lowest BCUT2D eigenvalue weighted by Crippen LogP contribution is -2.36. The number of carboxylic acid groups (broad SMARTS) is 1. The summed E-state index contributed by atoms with van der Waals surface area (Å²) < 4.78 is 12.8. The lowest BCUT2D eigenvalue weighted by atomic mass is 10.1. The molecule has 1 amide bonds. The molecule has 1 aromatic heterocycles. The van der Waals surface area contributed by atoms with Crippen molar-refractivity contribution in [3.8, 4) is 0 Å². The van der Waals surface area contributed by atoms with Gasteiger partial charge in [0.15, 0.2) is 0 Å². The summed E-state index contributed by atoms with van der Waals surface area (Å²) in [4.78, 5) is 25.7. The highest BCUT2D eigenvalue weighted by Gasteiger charge is 2.16. The van der Waals surface area contributed by atoms with Gasteiger partial charge in [-0.2, -0.15) is 4.39 Å². The molecule has 0 aliphatic carbocycles. The van der Waals surface area contributed by atoms with Gasteiger partial charge in [0, 0.05) is 23.9 Å². The number of pyridine rings is 1. The van der Waals surface area contributed by atoms with E-state index in [2.05, 4.69) is 10.3 Å². The molecule has 6 heteroatoms. The molecule has 0 spiro atoms. The minimum absolute atomic E-state index is 0.133. The van der Waals surface area contributed by atoms with Gasteiger partial charge >= 0.3 is 5.97 Å². The first-order valence-corrected chi connectivity index (χ1v) is 5.67. The van der Waals surface area contributed by atoms with Gasteiger partial charge in [0.25, 0.3) is 5.91 Å². The van der Waals surface area contributed by atoms with Gasteiger partial charge in [0.05, 0.1) is 6.42 Å². The van der Waals surface area contributed by atoms with Crippen LogP contribution in [0.2, 0.25) is 0 Å². The molecule has 0 aliphatic heterocycles. The molecular weight excluding hydrogens is 239 g/mol. The second-order valence-corrected chi connectivity index (χ2v) is 3.92. The molecule has 0 fully saturated rings. The zero-order valence-electron chi connectivity index (χ0n) is 10.0. The fourth-order valence-corrected chi connectivity index (χ4v) is 1.60. The van der Waals surface area contributed by atoms with Gasteiger partial charge in [-0.3, -0.25) is 9.59 Å². The number of aliphatic carboxylic acids is 1. The monoisotopic (exact) mass is 254 g/mol. The number of carbonyl (C=O) groups excluding carboxylic acids is 1. The number of rotatable bonds is 6. The van der Waals surface area contributed by atoms with Crippen molar-refractivity contribution in [2.75, 3.05) is 0 Å². The van der Waals surface area contributed by atoms with Crippen molar-refractivity contribution in [3.63, 3.8) is 0 Å². The second kappa shape index (κ2) is 6.68. The highest BCUT2D eigenvalue weighted by atomic mass is 19.1. The number of carboxylic acids is 1. The Morgan fingerprint density at radius 2 is 2.28 bits per heavy atom. The second-order valence-electron chi connectivity index (χ2n) is 3.92. The van der Waals surface area contributed by atoms with E-state index in [1.165, 1.54) is 12.3 Å². The molecule has 2 N–H and O–H groups in total. The first-order chi connectivity index (χ1) is 8.52. The standard InChI is InChI=1S/C12H15FN2O3/c1-2-3-9(7-11(16)17)15-12(18)8-4-5-14-10(13)6-8/h4-6,9H,2-3,7H2,1H3,(H,15,18)(H,16,17). The predicted molar refractivity (Wildman–Crippen MR) is 62.6 cm³/mol. The quantitative estimate of drug-likeness (QED) is 0.755. The van der Waals surface area contributed by atoms with Crippen molar-refractivity contribution in [1.82, 2.24) is 10.3 Å². The van der Waals surface area contributed by atoms with Gasteiger partial charge in [-0.15, -0.1) is 0 Å². The van der Waals surface area contributed by atoms with Crippen LogP contribution in [0.1, 0.15) is 36.5 Å². The third kappa shape index (κ3) is 4.48. The number of aromatic nitrogens is 1. The van der Waals surface area contributed by atoms with E-state index < -0.39 is 23.9 Å². The minimum Gasteiger partial charge on any atom is -0.481 e. The van der Waals surface area contributed by atoms with Crippen LogP contribution in [0.4, 0.5) is 4.39 Å². The third-order valence-corrected chi connectivity index (χ3v) is 2.38. The molecule has 1 atom stereocenters. The van der Waals surface area contributed by atoms with Crippen molar-refractivity contribution < 1.29 is 19.1 Å². The summed E-state index contributed by atoms with van der Waals surface area (Å²) in [7, 11) is 0. The van der Waals surface area contributed by atoms with Gasteiger partial charge in [-0.1, -0.05) is 13.3 Å². The molecule has 0 saturated heterocycles. The number of hydrogen-bond acceptors (Lipinski definition) is 3. The van der Waals surface area contributed by atoms with E-state index in [-0.39, 0.29) is 12.0 Å². The fraction of sp³-hybridized carbons (Fsp3) is 0.417. The first-order valence-electron chi connectivity index (χ1n) is 5.67. The van der Waals surface area contributed by atoms with Crippen LogP contribution in [-0.4, -0.2) is 28.0 Å². The van der Waals surface area contributed by atoms with Crippen LogP contribution >= 0.6 is 0 Å². The molecule has 1 unspecified atom stereocenters. The zero-order valence-corrected chi connectivity index (χ0v) is 10.0. The largest absolute Gasteiger partial charge is 0.481 e. The maximum atomic E-state index is 12.8. The van der Waals surface area contributed by atoms with E-state index >= 15 is 0 Å². The summed E-state index contributed by atoms with van der Waals surface area (Å²) in [5.74, 6) is -2.21. The summed E-state index contributed by atoms with van der Waals surface area (Å²) in [5.41, 5.74) is 0.133. The molecular formula is C12H15FN2O3. The van der Waals surface area contributed by atoms with E-state index in [4.69, 9.17) is 5.11 Å². The molecule has 5 nitrogen and oxygen atoms in total. The third-order valence-electron chi connectivity index (χ3n) is 2.38. The molecule has 0 saturated carbocycles. The average Bonchev–Trinajstić information content (AvgIpc) is 2.28. The van der Waals surface area contributed by atoms with Crippen LogP contribution in [0, 0.1) is 5.95 Å². The number of nitrogens with one attached hydrogen (secondary N) is 1. The molecule has 0 aromatic carbocycles. The van der Waals surface area contributed by atoms with Crippen molar-refractivity contribution in [1.29, 1.82) is 0 Å². The molecule has 0 radical (unpaired) electrons. The SMILES string of the molecule is CCCC(CC(=O)O)NC(=O)c1ccnc(F)c1. The summed E-state index contributed by atoms with van der Waals surface area (Å²) in [6.07, 6.45) is 2.36. The summed E-state index contributed by atoms with van der Waals surface area (Å²) >= 11 is 0. The van der Waals surface area contributed by atoms with Gasteiger partial charge in [-0.05, 0) is 12.5 Å². The Bertz CT molecular complexity index is 437. The maximum Gasteiger partial charge on any atom is 0.305 e. The molecule has 1 aromatic rings. The van der Waals surface area contributed by atoms with Crippen molar-refractivity contribution in [3.05, 3.63) is 29.8 Å². The van der Waals surface area contributed by atoms with E-state index in [0.29, 0.717) is 6.42 Å². The Labute approximate surface area is 104 Å². The van der Waals surface area contributed by atoms with E-state index in [1.807, 2.05) is 6.92 Å². The Morgan fingerprint density at radius 3 is 2.83 bits per heavy atom. The Balaban J connectivity index is 2.68. The topological polar surface area (TPSA) is 79.3 Å². The maximum absolute atomic E-state index is 12.8. The minimum atomic E-state index is -0.977. The van der Waals surface area contributed by atoms with E-state index in [9.17, 15) is 14.0 Å². The smallest absolute Gasteiger partial charge is 0.305 e. The highest BCUT2D eigenvalue weighted by molar-refractivity contribution is 5.94. The van der Waals surface area contributed by atoms with Crippen LogP contribution in [0.15, 0.2) is 18.3 Å². The Kier molecular flexibility index (Phi) is 5.23. The van der Waals surface area contributed by atoms with Crippen molar-refractivity contribution in [2.24, 2.45) is 0 Å². The molecule has 0 aliphatic rings. The number of amides is 1. The fourth-order valence-electron chi connectivity index (χ4n) is 1.60. The van der Waals surface area contributed by atoms with Crippen LogP contribution in [0.25, 0.3) is 0 Å². The van der Waals surface area contributed by atoms with Gasteiger partial charge in [0.2, 0.25) is 5.95 Å². The van der Waals surface area contributed by atoms with Gasteiger partial charge in [-0.25, -0.2) is 4.98 Å². The highest BCUT2D eigenvalue weighted by Crippen LogP contribution is 2.05. The van der Waals surface area contributed by atoms with E-state index in [1.54, 1.807) is 0 Å². The van der Waals surface area contributed by atoms with Crippen LogP contribution in [0.5, 0.6) is 0 Å². The molecule has 98 valence electrons. The van der Waals surface area contributed by atoms with Crippen molar-refractivity contribution >= 4 is 11.9 Å². The van der Waals surface area contributed by atoms with Crippen LogP contribution in [0.3, 0.4) is 0 Å². The lowest BCUT2D eigenvalue weighted by Gasteiger charge is -2.15. The summed E-state index contributed by atoms with van der Waals surface area (Å²) in [6.45, 7) is 1.90. The van der Waals surface area contributed by atoms with Crippen molar-refractivity contribution in [2.45, 2.75) is 32.2 Å². The normalized spacial score (nSPS) is 11.9. The Morgan fingerprint density at radius 1 is 1.56 bits per heavy atom. The van der Waals surface area contributed by atoms with Gasteiger partial charge < -0.3 is 10.4 Å². The van der Waals surface area contributed by atoms with Crippen LogP contribution in [-0.2, 0) is 4.79 Å². The number of carbonyl (C=O) groups is 2. The molecule has 0 bridgehead atoms. The lowest BCUT2D eigenvalue weighted by molar-refractivity contribution is -0.137. The number of hydrogen-bond donors (Lipinski definition) is 2. The Hall–Kier alpha value is -1.98. The first kappa shape index (κ1) is 14.1. The zero-order chi connectivity index (χ0) is 13.5. The molecule has 1 rings (SSSR count). The average molecular weight is 254 g/mol. The van der Waals surface area contributed by atoms with Crippen LogP contribution < -0.4 is 5.32 Å². The summed E-state index contributed by atoms with van der Waals surface area (Å²) in [6, 6.07) is 1.94. The summed E-state index contributed by atoms with van der Waals surface area (Å²) in [5, 5.41) is 11.3. The number of halogens is 1. The molecule has 18 heavy (non-hydrogen) atoms. The van der Waals surface area contributed by atoms with E-state index in [0.717, 1.165) is 12.5 Å². The predicted octanol–water partition coefficient (Wildman–Crippen LogP) is 1.59. The number of nitrogens with zero attached hydrogens (tertiary/aromatic N) is 1.